The van der Waals surface area contributed by atoms with Crippen LogP contribution in [0.25, 0.3) is 5.57 Å². The first kappa shape index (κ1) is 16.1. The highest BCUT2D eigenvalue weighted by Crippen LogP contribution is 2.51. The molecular weight excluding hydrogens is 378 g/mol. The van der Waals surface area contributed by atoms with Crippen molar-refractivity contribution >= 4 is 27.3 Å². The molecule has 0 spiro atoms. The van der Waals surface area contributed by atoms with E-state index in [2.05, 4.69) is 35.8 Å². The maximum Gasteiger partial charge on any atom is 0.194 e. The number of ether oxygens (including phenoxy) is 1. The zero-order valence-electron chi connectivity index (χ0n) is 14.2. The first-order valence-corrected chi connectivity index (χ1v) is 8.87. The third-order valence-electron chi connectivity index (χ3n) is 5.36. The van der Waals surface area contributed by atoms with Crippen molar-refractivity contribution in [2.24, 2.45) is 0 Å². The van der Waals surface area contributed by atoms with Gasteiger partial charge in [0.1, 0.15) is 5.75 Å². The highest BCUT2D eigenvalue weighted by atomic mass is 79.9. The van der Waals surface area contributed by atoms with E-state index in [4.69, 9.17) is 10.00 Å². The summed E-state index contributed by atoms with van der Waals surface area (Å²) in [5, 5.41) is 9.16. The van der Waals surface area contributed by atoms with Crippen molar-refractivity contribution in [1.82, 2.24) is 0 Å². The molecule has 0 aliphatic heterocycles. The standard InChI is InChI=1S/C21H16BrNO2/c1-21(2)15-9-17(22)18(25-3)8-14(15)20(24)19-13-5-4-11(10-23)6-12(13)7-16(19)21/h4-6,8-9H,7H2,1-3H3. The quantitative estimate of drug-likeness (QED) is 0.697. The van der Waals surface area contributed by atoms with Crippen molar-refractivity contribution in [3.05, 3.63) is 68.2 Å². The van der Waals surface area contributed by atoms with Crippen molar-refractivity contribution in [2.75, 3.05) is 7.11 Å². The van der Waals surface area contributed by atoms with Crippen molar-refractivity contribution in [3.63, 3.8) is 0 Å². The number of hydrogen-bond acceptors (Lipinski definition) is 3. The molecule has 0 bridgehead atoms. The number of rotatable bonds is 1. The van der Waals surface area contributed by atoms with Crippen LogP contribution in [-0.4, -0.2) is 12.9 Å². The van der Waals surface area contributed by atoms with Gasteiger partial charge < -0.3 is 4.74 Å². The molecule has 2 aliphatic carbocycles. The number of nitrogens with zero attached hydrogens (tertiary/aromatic N) is 1. The summed E-state index contributed by atoms with van der Waals surface area (Å²) >= 11 is 3.54. The molecule has 0 fully saturated rings. The van der Waals surface area contributed by atoms with E-state index < -0.39 is 0 Å². The second kappa shape index (κ2) is 5.31. The van der Waals surface area contributed by atoms with Gasteiger partial charge in [0.25, 0.3) is 0 Å². The van der Waals surface area contributed by atoms with Crippen LogP contribution in [0.15, 0.2) is 40.4 Å². The predicted molar refractivity (Wildman–Crippen MR) is 99.8 cm³/mol. The molecule has 0 heterocycles. The van der Waals surface area contributed by atoms with Crippen LogP contribution in [0.5, 0.6) is 5.75 Å². The lowest BCUT2D eigenvalue weighted by Gasteiger charge is -2.34. The van der Waals surface area contributed by atoms with E-state index in [1.54, 1.807) is 13.2 Å². The summed E-state index contributed by atoms with van der Waals surface area (Å²) in [5.74, 6) is 0.698. The van der Waals surface area contributed by atoms with Crippen LogP contribution in [0.3, 0.4) is 0 Å². The van der Waals surface area contributed by atoms with Gasteiger partial charge in [0.15, 0.2) is 5.78 Å². The lowest BCUT2D eigenvalue weighted by atomic mass is 9.68. The van der Waals surface area contributed by atoms with Crippen LogP contribution in [0.2, 0.25) is 0 Å². The molecule has 2 aromatic rings. The average Bonchev–Trinajstić information content (AvgIpc) is 2.99. The summed E-state index contributed by atoms with van der Waals surface area (Å²) in [6, 6.07) is 11.6. The third kappa shape index (κ3) is 2.12. The maximum atomic E-state index is 13.3. The minimum absolute atomic E-state index is 0.0404. The second-order valence-corrected chi connectivity index (χ2v) is 7.85. The van der Waals surface area contributed by atoms with Gasteiger partial charge in [0.05, 0.1) is 23.2 Å². The van der Waals surface area contributed by atoms with Crippen molar-refractivity contribution in [3.8, 4) is 11.8 Å². The second-order valence-electron chi connectivity index (χ2n) is 7.00. The fourth-order valence-corrected chi connectivity index (χ4v) is 4.50. The van der Waals surface area contributed by atoms with Gasteiger partial charge in [-0.25, -0.2) is 0 Å². The first-order chi connectivity index (χ1) is 11.9. The smallest absolute Gasteiger partial charge is 0.194 e. The molecule has 3 nitrogen and oxygen atoms in total. The summed E-state index contributed by atoms with van der Waals surface area (Å²) in [6.07, 6.45) is 0.710. The molecule has 0 aromatic heterocycles. The van der Waals surface area contributed by atoms with Crippen molar-refractivity contribution < 1.29 is 9.53 Å². The maximum absolute atomic E-state index is 13.3. The largest absolute Gasteiger partial charge is 0.496 e. The predicted octanol–water partition coefficient (Wildman–Crippen LogP) is 4.81. The Morgan fingerprint density at radius 3 is 2.64 bits per heavy atom. The van der Waals surface area contributed by atoms with Crippen LogP contribution >= 0.6 is 15.9 Å². The Bertz CT molecular complexity index is 1020. The Hall–Kier alpha value is -2.38. The molecule has 0 saturated carbocycles. The Morgan fingerprint density at radius 2 is 1.96 bits per heavy atom. The number of methoxy groups -OCH3 is 1. The van der Waals surface area contributed by atoms with E-state index in [0.717, 1.165) is 32.3 Å². The topological polar surface area (TPSA) is 50.1 Å². The number of ketones is 1. The average molecular weight is 394 g/mol. The minimum atomic E-state index is -0.265. The zero-order valence-corrected chi connectivity index (χ0v) is 15.8. The van der Waals surface area contributed by atoms with Gasteiger partial charge in [0, 0.05) is 16.6 Å². The van der Waals surface area contributed by atoms with Crippen LogP contribution in [0.1, 0.15) is 46.5 Å². The summed E-state index contributed by atoms with van der Waals surface area (Å²) < 4.78 is 6.24. The minimum Gasteiger partial charge on any atom is -0.496 e. The van der Waals surface area contributed by atoms with E-state index in [1.807, 2.05) is 24.3 Å². The molecule has 0 amide bonds. The van der Waals surface area contributed by atoms with Gasteiger partial charge in [-0.2, -0.15) is 5.26 Å². The Labute approximate surface area is 155 Å². The molecule has 0 saturated heterocycles. The number of fused-ring (bicyclic) bond motifs is 3. The molecule has 0 unspecified atom stereocenters. The number of carbonyl (C=O) groups is 1. The summed E-state index contributed by atoms with van der Waals surface area (Å²) in [6.45, 7) is 4.31. The van der Waals surface area contributed by atoms with Crippen LogP contribution in [0, 0.1) is 11.3 Å². The molecule has 0 N–H and O–H groups in total. The van der Waals surface area contributed by atoms with E-state index in [-0.39, 0.29) is 11.2 Å². The molecule has 25 heavy (non-hydrogen) atoms. The number of halogens is 1. The zero-order chi connectivity index (χ0) is 17.9. The SMILES string of the molecule is COc1cc2c(cc1Br)C(C)(C)C1=C(C2=O)c2ccc(C#N)cc2C1. The van der Waals surface area contributed by atoms with Crippen LogP contribution in [-0.2, 0) is 11.8 Å². The van der Waals surface area contributed by atoms with Gasteiger partial charge in [0.2, 0.25) is 0 Å². The van der Waals surface area contributed by atoms with Gasteiger partial charge >= 0.3 is 0 Å². The number of allylic oxidation sites excluding steroid dienone is 2. The number of benzene rings is 2. The fourth-order valence-electron chi connectivity index (χ4n) is 4.00. The van der Waals surface area contributed by atoms with Gasteiger partial charge in [-0.05, 0) is 68.9 Å². The Kier molecular flexibility index (Phi) is 3.42. The summed E-state index contributed by atoms with van der Waals surface area (Å²) in [4.78, 5) is 13.3. The van der Waals surface area contributed by atoms with E-state index in [0.29, 0.717) is 23.3 Å². The number of nitriles is 1. The van der Waals surface area contributed by atoms with Crippen LogP contribution in [0.4, 0.5) is 0 Å². The number of Topliss-reactive ketones (excluding diaryl/α,β-unsaturated/α-hetero) is 1. The third-order valence-corrected chi connectivity index (χ3v) is 5.98. The molecule has 0 radical (unpaired) electrons. The lowest BCUT2D eigenvalue weighted by Crippen LogP contribution is -2.29. The van der Waals surface area contributed by atoms with Gasteiger partial charge in [-0.15, -0.1) is 0 Å². The molecule has 2 aromatic carbocycles. The summed E-state index contributed by atoms with van der Waals surface area (Å²) in [7, 11) is 1.60. The Balaban J connectivity index is 1.96. The van der Waals surface area contributed by atoms with Crippen molar-refractivity contribution in [1.29, 1.82) is 5.26 Å². The summed E-state index contributed by atoms with van der Waals surface area (Å²) in [5.41, 5.74) is 6.01. The highest BCUT2D eigenvalue weighted by Gasteiger charge is 2.43. The van der Waals surface area contributed by atoms with Gasteiger partial charge in [-0.3, -0.25) is 4.79 Å². The molecule has 0 atom stereocenters. The van der Waals surface area contributed by atoms with E-state index >= 15 is 0 Å². The molecule has 4 rings (SSSR count). The molecule has 4 heteroatoms. The molecular formula is C21H16BrNO2. The van der Waals surface area contributed by atoms with E-state index in [9.17, 15) is 4.79 Å². The first-order valence-electron chi connectivity index (χ1n) is 8.08. The van der Waals surface area contributed by atoms with Gasteiger partial charge in [-0.1, -0.05) is 19.9 Å². The number of hydrogen-bond donors (Lipinski definition) is 0. The number of carbonyl (C=O) groups excluding carboxylic acids is 1. The van der Waals surface area contributed by atoms with Crippen molar-refractivity contribution in [2.45, 2.75) is 25.7 Å². The monoisotopic (exact) mass is 393 g/mol. The van der Waals surface area contributed by atoms with Crippen LogP contribution < -0.4 is 4.74 Å². The van der Waals surface area contributed by atoms with E-state index in [1.165, 1.54) is 0 Å². The fraction of sp³-hybridized carbons (Fsp3) is 0.238. The lowest BCUT2D eigenvalue weighted by molar-refractivity contribution is 0.105. The molecule has 124 valence electrons. The molecule has 2 aliphatic rings. The highest BCUT2D eigenvalue weighted by molar-refractivity contribution is 9.10. The normalized spacial score (nSPS) is 16.8. The Morgan fingerprint density at radius 1 is 1.20 bits per heavy atom.